The van der Waals surface area contributed by atoms with E-state index in [1.807, 2.05) is 45.1 Å². The highest BCUT2D eigenvalue weighted by molar-refractivity contribution is 5.88. The molecule has 0 aliphatic carbocycles. The molecule has 2 aromatic rings. The van der Waals surface area contributed by atoms with Crippen molar-refractivity contribution >= 4 is 23.5 Å². The third kappa shape index (κ3) is 7.20. The molecule has 11 nitrogen and oxygen atoms in total. The highest BCUT2D eigenvalue weighted by atomic mass is 16.5. The monoisotopic (exact) mass is 533 g/mol. The second-order valence-electron chi connectivity index (χ2n) is 10.2. The summed E-state index contributed by atoms with van der Waals surface area (Å²) >= 11 is 0. The number of likely N-dealkylation sites (N-methyl/N-ethyl adjacent to an activating group) is 2. The van der Waals surface area contributed by atoms with Gasteiger partial charge in [-0.25, -0.2) is 9.97 Å². The third-order valence-electron chi connectivity index (χ3n) is 6.44. The lowest BCUT2D eigenvalue weighted by Gasteiger charge is -2.25. The van der Waals surface area contributed by atoms with E-state index in [1.165, 1.54) is 19.5 Å². The Morgan fingerprint density at radius 2 is 1.97 bits per heavy atom. The second-order valence-corrected chi connectivity index (χ2v) is 10.2. The first-order chi connectivity index (χ1) is 18.5. The summed E-state index contributed by atoms with van der Waals surface area (Å²) in [6, 6.07) is 3.92. The van der Waals surface area contributed by atoms with Crippen LogP contribution in [0.2, 0.25) is 0 Å². The Morgan fingerprint density at radius 3 is 2.64 bits per heavy atom. The maximum Gasteiger partial charge on any atom is 0.247 e. The minimum Gasteiger partial charge on any atom is -0.495 e. The number of ether oxygens (including phenoxy) is 1. The molecule has 0 spiro atoms. The summed E-state index contributed by atoms with van der Waals surface area (Å²) in [5.74, 6) is 0.788. The number of anilines is 3. The van der Waals surface area contributed by atoms with Gasteiger partial charge in [0.25, 0.3) is 0 Å². The van der Waals surface area contributed by atoms with Crippen molar-refractivity contribution in [1.82, 2.24) is 35.1 Å². The number of carbonyl (C=O) groups excluding carboxylic acids is 1. The fourth-order valence-electron chi connectivity index (χ4n) is 4.05. The zero-order valence-corrected chi connectivity index (χ0v) is 23.9. The molecule has 0 fully saturated rings. The number of hydrogen-bond acceptors (Lipinski definition) is 10. The molecular formula is C28H39N9O2. The number of pyridine rings is 1. The van der Waals surface area contributed by atoms with Crippen LogP contribution in [0.25, 0.3) is 0 Å². The number of hydrogen-bond donors (Lipinski definition) is 2. The molecule has 0 bridgehead atoms. The van der Waals surface area contributed by atoms with Gasteiger partial charge in [0.2, 0.25) is 17.8 Å². The van der Waals surface area contributed by atoms with Gasteiger partial charge in [-0.15, -0.1) is 0 Å². The van der Waals surface area contributed by atoms with E-state index >= 15 is 0 Å². The Labute approximate surface area is 231 Å². The minimum atomic E-state index is -0.338. The van der Waals surface area contributed by atoms with Crippen LogP contribution >= 0.6 is 0 Å². The van der Waals surface area contributed by atoms with Gasteiger partial charge in [-0.2, -0.15) is 4.98 Å². The van der Waals surface area contributed by atoms with E-state index in [9.17, 15) is 4.79 Å². The molecule has 1 aliphatic heterocycles. The number of aromatic nitrogens is 4. The number of nitrogens with one attached hydrogen (secondary N) is 2. The normalized spacial score (nSPS) is 14.9. The van der Waals surface area contributed by atoms with Gasteiger partial charge < -0.3 is 30.1 Å². The number of carbonyl (C=O) groups is 1. The molecule has 0 radical (unpaired) electrons. The zero-order chi connectivity index (χ0) is 28.7. The molecule has 0 unspecified atom stereocenters. The number of rotatable bonds is 12. The van der Waals surface area contributed by atoms with Crippen LogP contribution in [0.5, 0.6) is 0 Å². The van der Waals surface area contributed by atoms with Crippen LogP contribution in [-0.2, 0) is 14.9 Å². The maximum absolute atomic E-state index is 12.3. The van der Waals surface area contributed by atoms with Crippen molar-refractivity contribution in [1.29, 1.82) is 0 Å². The van der Waals surface area contributed by atoms with Crippen LogP contribution in [0.1, 0.15) is 26.5 Å². The molecule has 1 amide bonds. The summed E-state index contributed by atoms with van der Waals surface area (Å²) in [6.07, 6.45) is 6.22. The quantitative estimate of drug-likeness (QED) is 0.240. The predicted molar refractivity (Wildman–Crippen MR) is 154 cm³/mol. The minimum absolute atomic E-state index is 0.161. The fourth-order valence-corrected chi connectivity index (χ4v) is 4.05. The molecule has 0 saturated heterocycles. The number of nitrogens with zero attached hydrogens (tertiary/aromatic N) is 7. The number of methoxy groups -OCH3 is 1. The summed E-state index contributed by atoms with van der Waals surface area (Å²) < 4.78 is 5.45. The Bertz CT molecular complexity index is 1280. The number of allylic oxidation sites excluding steroid dienone is 2. The van der Waals surface area contributed by atoms with Crippen LogP contribution in [0, 0.1) is 0 Å². The second kappa shape index (κ2) is 12.5. The van der Waals surface area contributed by atoms with Crippen LogP contribution in [0.15, 0.2) is 72.8 Å². The van der Waals surface area contributed by atoms with Gasteiger partial charge in [-0.3, -0.25) is 9.78 Å². The molecule has 0 aromatic carbocycles. The maximum atomic E-state index is 12.3. The average molecular weight is 534 g/mol. The molecular weight excluding hydrogens is 494 g/mol. The van der Waals surface area contributed by atoms with E-state index in [1.54, 1.807) is 12.3 Å². The lowest BCUT2D eigenvalue weighted by Crippen LogP contribution is -2.31. The largest absolute Gasteiger partial charge is 0.495 e. The van der Waals surface area contributed by atoms with Crippen molar-refractivity contribution in [3.8, 4) is 0 Å². The first kappa shape index (κ1) is 29.3. The molecule has 208 valence electrons. The van der Waals surface area contributed by atoms with Gasteiger partial charge in [0, 0.05) is 44.0 Å². The van der Waals surface area contributed by atoms with Crippen LogP contribution in [0.4, 0.5) is 17.6 Å². The van der Waals surface area contributed by atoms with Crippen LogP contribution in [0.3, 0.4) is 0 Å². The lowest BCUT2D eigenvalue weighted by molar-refractivity contribution is -0.115. The Balaban J connectivity index is 1.98. The van der Waals surface area contributed by atoms with Crippen LogP contribution < -0.4 is 15.5 Å². The highest BCUT2D eigenvalue weighted by Crippen LogP contribution is 2.41. The molecule has 0 saturated carbocycles. The van der Waals surface area contributed by atoms with E-state index < -0.39 is 0 Å². The summed E-state index contributed by atoms with van der Waals surface area (Å²) in [6.45, 7) is 16.1. The predicted octanol–water partition coefficient (Wildman–Crippen LogP) is 3.18. The molecule has 2 N–H and O–H groups in total. The van der Waals surface area contributed by atoms with E-state index in [2.05, 4.69) is 67.4 Å². The Hall–Kier alpha value is -4.25. The summed E-state index contributed by atoms with van der Waals surface area (Å²) in [4.78, 5) is 36.5. The third-order valence-corrected chi connectivity index (χ3v) is 6.44. The van der Waals surface area contributed by atoms with Gasteiger partial charge in [0.05, 0.1) is 29.9 Å². The number of fused-ring (bicyclic) bond motifs is 1. The molecule has 11 heteroatoms. The van der Waals surface area contributed by atoms with Crippen molar-refractivity contribution in [2.24, 2.45) is 0 Å². The zero-order valence-electron chi connectivity index (χ0n) is 23.9. The summed E-state index contributed by atoms with van der Waals surface area (Å²) in [5, 5.41) is 6.09. The van der Waals surface area contributed by atoms with E-state index in [0.717, 1.165) is 30.2 Å². The molecule has 0 atom stereocenters. The lowest BCUT2D eigenvalue weighted by atomic mass is 9.91. The van der Waals surface area contributed by atoms with Crippen molar-refractivity contribution in [3.63, 3.8) is 0 Å². The van der Waals surface area contributed by atoms with Crippen molar-refractivity contribution in [2.45, 2.75) is 26.2 Å². The van der Waals surface area contributed by atoms with Gasteiger partial charge in [-0.1, -0.05) is 27.0 Å². The van der Waals surface area contributed by atoms with Gasteiger partial charge >= 0.3 is 0 Å². The molecule has 2 aromatic heterocycles. The first-order valence-electron chi connectivity index (χ1n) is 12.6. The fraction of sp³-hybridized carbons (Fsp3) is 0.393. The molecule has 39 heavy (non-hydrogen) atoms. The van der Waals surface area contributed by atoms with E-state index in [4.69, 9.17) is 4.74 Å². The number of amides is 1. The van der Waals surface area contributed by atoms with Gasteiger partial charge in [0.15, 0.2) is 0 Å². The Morgan fingerprint density at radius 1 is 1.23 bits per heavy atom. The van der Waals surface area contributed by atoms with Crippen molar-refractivity contribution < 1.29 is 9.53 Å². The van der Waals surface area contributed by atoms with Crippen LogP contribution in [-0.4, -0.2) is 83.5 Å². The van der Waals surface area contributed by atoms with Gasteiger partial charge in [-0.05, 0) is 45.3 Å². The topological polar surface area (TPSA) is 112 Å². The van der Waals surface area contributed by atoms with Gasteiger partial charge in [0.1, 0.15) is 12.1 Å². The summed E-state index contributed by atoms with van der Waals surface area (Å²) in [5.41, 5.74) is 3.66. The van der Waals surface area contributed by atoms with Crippen molar-refractivity contribution in [3.05, 3.63) is 78.5 Å². The van der Waals surface area contributed by atoms with Crippen molar-refractivity contribution in [2.75, 3.05) is 58.1 Å². The van der Waals surface area contributed by atoms with E-state index in [-0.39, 0.29) is 11.3 Å². The molecule has 1 aliphatic rings. The highest BCUT2D eigenvalue weighted by Gasteiger charge is 2.38. The Kier molecular flexibility index (Phi) is 9.42. The first-order valence-corrected chi connectivity index (χ1v) is 12.6. The summed E-state index contributed by atoms with van der Waals surface area (Å²) in [7, 11) is 7.51. The standard InChI is InChI=1S/C28H39N9O2/c1-10-24(38)32-21(19(2)36(8)15-14-35(6)7)16-22(20(3)39-9)33-26-30-18-31-27(34-26)37-17-28(4,5)25-23(37)12-11-13-29-25/h10-13,16,18H,1,3,14-15,17H2,2,4-9H3,(H,32,38)(H,30,31,33,34)/b21-19-,22-16+. The molecule has 3 rings (SSSR count). The molecule has 3 heterocycles. The van der Waals surface area contributed by atoms with E-state index in [0.29, 0.717) is 35.6 Å². The average Bonchev–Trinajstić information content (AvgIpc) is 3.20. The SMILES string of the molecule is C=CC(=O)NC(/C=C(/Nc1ncnc(N2CC(C)(C)c3ncccc32)n1)C(=C)OC)=C(/C)N(C)CCN(C)C. The smallest absolute Gasteiger partial charge is 0.247 e.